The molecule has 0 N–H and O–H groups in total. The lowest BCUT2D eigenvalue weighted by atomic mass is 9.96. The number of para-hydroxylation sites is 2. The Bertz CT molecular complexity index is 1890. The Kier molecular flexibility index (Phi) is 4.55. The van der Waals surface area contributed by atoms with E-state index in [0.29, 0.717) is 11.8 Å². The third-order valence-corrected chi connectivity index (χ3v) is 7.54. The summed E-state index contributed by atoms with van der Waals surface area (Å²) in [5.41, 5.74) is 8.08. The van der Waals surface area contributed by atoms with E-state index in [2.05, 4.69) is 114 Å². The number of benzene rings is 5. The van der Waals surface area contributed by atoms with Gasteiger partial charge in [0.1, 0.15) is 5.82 Å². The molecular weight excluding hydrogens is 464 g/mol. The van der Waals surface area contributed by atoms with Crippen molar-refractivity contribution >= 4 is 21.8 Å². The standard InChI is InChI=1S/C34H22N4/c1-2-12-22(13-3-1)32-35-33(31-27-18-6-4-14-23(27)24-15-5-7-19-28(24)31)37-34(36-32)38-29-20-10-8-16-25(29)26-17-9-11-21-30(26)38/h1-21,31H. The Balaban J connectivity index is 1.45. The SMILES string of the molecule is c1ccc(-c2nc(C3c4ccccc4-c4ccccc43)nc(-n3c4ccccc4c4ccccc43)n2)cc1. The summed E-state index contributed by atoms with van der Waals surface area (Å²) in [6, 6.07) is 44.3. The molecule has 0 unspecified atom stereocenters. The zero-order valence-electron chi connectivity index (χ0n) is 20.5. The highest BCUT2D eigenvalue weighted by atomic mass is 15.2. The molecule has 5 aromatic carbocycles. The predicted molar refractivity (Wildman–Crippen MR) is 152 cm³/mol. The van der Waals surface area contributed by atoms with Crippen LogP contribution in [0.15, 0.2) is 127 Å². The highest BCUT2D eigenvalue weighted by Crippen LogP contribution is 2.47. The monoisotopic (exact) mass is 486 g/mol. The maximum Gasteiger partial charge on any atom is 0.238 e. The summed E-state index contributed by atoms with van der Waals surface area (Å²) < 4.78 is 2.18. The minimum Gasteiger partial charge on any atom is -0.278 e. The van der Waals surface area contributed by atoms with Crippen LogP contribution in [0.1, 0.15) is 22.9 Å². The van der Waals surface area contributed by atoms with E-state index in [1.54, 1.807) is 0 Å². The largest absolute Gasteiger partial charge is 0.278 e. The summed E-state index contributed by atoms with van der Waals surface area (Å²) in [5.74, 6) is 2.00. The van der Waals surface area contributed by atoms with Gasteiger partial charge in [-0.2, -0.15) is 9.97 Å². The summed E-state index contributed by atoms with van der Waals surface area (Å²) in [6.07, 6.45) is 0. The van der Waals surface area contributed by atoms with Gasteiger partial charge in [-0.05, 0) is 34.4 Å². The van der Waals surface area contributed by atoms with Gasteiger partial charge in [0.15, 0.2) is 5.82 Å². The molecule has 0 spiro atoms. The lowest BCUT2D eigenvalue weighted by molar-refractivity contribution is 0.823. The number of rotatable bonds is 3. The van der Waals surface area contributed by atoms with Crippen molar-refractivity contribution in [2.45, 2.75) is 5.92 Å². The number of hydrogen-bond donors (Lipinski definition) is 0. The molecule has 0 saturated carbocycles. The maximum atomic E-state index is 5.22. The van der Waals surface area contributed by atoms with Crippen LogP contribution in [0.25, 0.3) is 50.3 Å². The Morgan fingerprint density at radius 3 is 1.63 bits per heavy atom. The number of hydrogen-bond acceptors (Lipinski definition) is 3. The van der Waals surface area contributed by atoms with Gasteiger partial charge in [0, 0.05) is 16.3 Å². The van der Waals surface area contributed by atoms with Crippen LogP contribution in [0.2, 0.25) is 0 Å². The van der Waals surface area contributed by atoms with E-state index in [1.807, 2.05) is 18.2 Å². The van der Waals surface area contributed by atoms with Gasteiger partial charge in [0.2, 0.25) is 5.95 Å². The third kappa shape index (κ3) is 3.07. The first-order valence-corrected chi connectivity index (χ1v) is 12.8. The van der Waals surface area contributed by atoms with Crippen molar-refractivity contribution in [2.75, 3.05) is 0 Å². The topological polar surface area (TPSA) is 43.6 Å². The molecule has 2 heterocycles. The molecule has 4 nitrogen and oxygen atoms in total. The first-order valence-electron chi connectivity index (χ1n) is 12.8. The van der Waals surface area contributed by atoms with Crippen LogP contribution in [-0.4, -0.2) is 19.5 Å². The molecule has 0 atom stereocenters. The van der Waals surface area contributed by atoms with Crippen LogP contribution in [0, 0.1) is 0 Å². The smallest absolute Gasteiger partial charge is 0.238 e. The second-order valence-electron chi connectivity index (χ2n) is 9.66. The summed E-state index contributed by atoms with van der Waals surface area (Å²) in [7, 11) is 0. The van der Waals surface area contributed by atoms with Crippen LogP contribution in [-0.2, 0) is 0 Å². The fourth-order valence-electron chi connectivity index (χ4n) is 5.90. The van der Waals surface area contributed by atoms with Crippen LogP contribution in [0.5, 0.6) is 0 Å². The number of aromatic nitrogens is 4. The number of fused-ring (bicyclic) bond motifs is 6. The van der Waals surface area contributed by atoms with Crippen LogP contribution in [0.4, 0.5) is 0 Å². The molecule has 1 aliphatic rings. The first kappa shape index (κ1) is 21.0. The minimum atomic E-state index is -0.0697. The normalized spacial score (nSPS) is 12.6. The molecule has 0 amide bonds. The second kappa shape index (κ2) is 8.22. The zero-order chi connectivity index (χ0) is 25.1. The Hall–Kier alpha value is -5.09. The second-order valence-corrected chi connectivity index (χ2v) is 9.66. The fourth-order valence-corrected chi connectivity index (χ4v) is 5.90. The van der Waals surface area contributed by atoms with Crippen LogP contribution in [0.3, 0.4) is 0 Å². The van der Waals surface area contributed by atoms with Gasteiger partial charge in [0.25, 0.3) is 0 Å². The summed E-state index contributed by atoms with van der Waals surface area (Å²) in [5, 5.41) is 2.37. The molecule has 2 aromatic heterocycles. The molecule has 38 heavy (non-hydrogen) atoms. The first-order chi connectivity index (χ1) is 18.9. The minimum absolute atomic E-state index is 0.0697. The van der Waals surface area contributed by atoms with E-state index in [1.165, 1.54) is 33.0 Å². The zero-order valence-corrected chi connectivity index (χ0v) is 20.5. The van der Waals surface area contributed by atoms with Gasteiger partial charge in [0.05, 0.1) is 17.0 Å². The molecule has 7 aromatic rings. The molecule has 0 radical (unpaired) electrons. The Morgan fingerprint density at radius 2 is 1.00 bits per heavy atom. The van der Waals surface area contributed by atoms with Crippen LogP contribution < -0.4 is 0 Å². The average Bonchev–Trinajstić information content (AvgIpc) is 3.51. The quantitative estimate of drug-likeness (QED) is 0.256. The Labute approximate surface area is 219 Å². The van der Waals surface area contributed by atoms with Gasteiger partial charge >= 0.3 is 0 Å². The maximum absolute atomic E-state index is 5.22. The molecule has 1 aliphatic carbocycles. The molecule has 0 aliphatic heterocycles. The van der Waals surface area contributed by atoms with E-state index < -0.39 is 0 Å². The summed E-state index contributed by atoms with van der Waals surface area (Å²) >= 11 is 0. The molecule has 0 bridgehead atoms. The fraction of sp³-hybridized carbons (Fsp3) is 0.0294. The predicted octanol–water partition coefficient (Wildman–Crippen LogP) is 7.80. The van der Waals surface area contributed by atoms with Crippen molar-refractivity contribution in [1.29, 1.82) is 0 Å². The van der Waals surface area contributed by atoms with Gasteiger partial charge in [-0.15, -0.1) is 0 Å². The van der Waals surface area contributed by atoms with Crippen molar-refractivity contribution in [2.24, 2.45) is 0 Å². The van der Waals surface area contributed by atoms with Crippen molar-refractivity contribution in [3.63, 3.8) is 0 Å². The van der Waals surface area contributed by atoms with Crippen LogP contribution >= 0.6 is 0 Å². The molecule has 0 fully saturated rings. The van der Waals surface area contributed by atoms with Crippen molar-refractivity contribution in [3.8, 4) is 28.5 Å². The van der Waals surface area contributed by atoms with E-state index >= 15 is 0 Å². The summed E-state index contributed by atoms with van der Waals surface area (Å²) in [4.78, 5) is 15.4. The lowest BCUT2D eigenvalue weighted by Gasteiger charge is -2.16. The highest BCUT2D eigenvalue weighted by Gasteiger charge is 2.32. The average molecular weight is 487 g/mol. The molecule has 4 heteroatoms. The van der Waals surface area contributed by atoms with Gasteiger partial charge in [-0.25, -0.2) is 4.98 Å². The van der Waals surface area contributed by atoms with Crippen molar-refractivity contribution < 1.29 is 0 Å². The number of nitrogens with zero attached hydrogens (tertiary/aromatic N) is 4. The molecule has 0 saturated heterocycles. The van der Waals surface area contributed by atoms with Crippen molar-refractivity contribution in [1.82, 2.24) is 19.5 Å². The molecule has 8 rings (SSSR count). The highest BCUT2D eigenvalue weighted by molar-refractivity contribution is 6.08. The van der Waals surface area contributed by atoms with E-state index in [4.69, 9.17) is 15.0 Å². The van der Waals surface area contributed by atoms with E-state index in [-0.39, 0.29) is 5.92 Å². The van der Waals surface area contributed by atoms with Gasteiger partial charge < -0.3 is 0 Å². The van der Waals surface area contributed by atoms with Gasteiger partial charge in [-0.1, -0.05) is 115 Å². The lowest BCUT2D eigenvalue weighted by Crippen LogP contribution is -2.12. The molecular formula is C34H22N4. The van der Waals surface area contributed by atoms with Gasteiger partial charge in [-0.3, -0.25) is 4.57 Å². The third-order valence-electron chi connectivity index (χ3n) is 7.54. The summed E-state index contributed by atoms with van der Waals surface area (Å²) in [6.45, 7) is 0. The Morgan fingerprint density at radius 1 is 0.474 bits per heavy atom. The molecule has 178 valence electrons. The van der Waals surface area contributed by atoms with E-state index in [0.717, 1.165) is 22.4 Å². The van der Waals surface area contributed by atoms with E-state index in [9.17, 15) is 0 Å². The van der Waals surface area contributed by atoms with Crippen molar-refractivity contribution in [3.05, 3.63) is 144 Å².